The van der Waals surface area contributed by atoms with Crippen LogP contribution in [0.2, 0.25) is 0 Å². The van der Waals surface area contributed by atoms with Crippen molar-refractivity contribution in [2.24, 2.45) is 0 Å². The predicted octanol–water partition coefficient (Wildman–Crippen LogP) is 0.937. The summed E-state index contributed by atoms with van der Waals surface area (Å²) >= 11 is 0. The Balaban J connectivity index is 2.38. The van der Waals surface area contributed by atoms with Gasteiger partial charge in [0.2, 0.25) is 5.91 Å². The molecule has 0 bridgehead atoms. The molecular formula is C14H19FN2O3. The highest BCUT2D eigenvalue weighted by molar-refractivity contribution is 5.79. The fourth-order valence-electron chi connectivity index (χ4n) is 1.59. The third-order valence-corrected chi connectivity index (χ3v) is 2.80. The number of rotatable bonds is 7. The van der Waals surface area contributed by atoms with Gasteiger partial charge in [0, 0.05) is 6.54 Å². The Morgan fingerprint density at radius 1 is 1.25 bits per heavy atom. The third-order valence-electron chi connectivity index (χ3n) is 2.80. The quantitative estimate of drug-likeness (QED) is 0.756. The molecule has 0 saturated carbocycles. The number of carbonyl (C=O) groups is 2. The largest absolute Gasteiger partial charge is 0.468 e. The molecule has 0 fully saturated rings. The van der Waals surface area contributed by atoms with E-state index in [1.807, 2.05) is 6.92 Å². The number of halogens is 1. The molecule has 110 valence electrons. The van der Waals surface area contributed by atoms with Gasteiger partial charge in [0.25, 0.3) is 0 Å². The van der Waals surface area contributed by atoms with Gasteiger partial charge in [0.15, 0.2) is 0 Å². The van der Waals surface area contributed by atoms with E-state index in [9.17, 15) is 14.0 Å². The maximum atomic E-state index is 12.7. The van der Waals surface area contributed by atoms with Crippen LogP contribution < -0.4 is 5.32 Å². The van der Waals surface area contributed by atoms with Crippen molar-refractivity contribution < 1.29 is 18.7 Å². The Bertz CT molecular complexity index is 448. The van der Waals surface area contributed by atoms with Crippen molar-refractivity contribution in [2.75, 3.05) is 26.7 Å². The van der Waals surface area contributed by atoms with Gasteiger partial charge in [0.05, 0.1) is 20.2 Å². The van der Waals surface area contributed by atoms with Crippen molar-refractivity contribution in [2.45, 2.75) is 13.5 Å². The maximum Gasteiger partial charge on any atom is 0.319 e. The first-order valence-electron chi connectivity index (χ1n) is 6.35. The molecule has 0 radical (unpaired) electrons. The zero-order valence-electron chi connectivity index (χ0n) is 11.7. The zero-order chi connectivity index (χ0) is 15.0. The number of nitrogens with one attached hydrogen (secondary N) is 1. The molecule has 0 aliphatic carbocycles. The standard InChI is InChI=1S/C14H19FN2O3/c1-3-17(10-14(19)20-2)9-13(18)16-8-11-4-6-12(15)7-5-11/h4-7H,3,8-10H2,1-2H3,(H,16,18). The highest BCUT2D eigenvalue weighted by Gasteiger charge is 2.12. The molecule has 1 aromatic carbocycles. The minimum Gasteiger partial charge on any atom is -0.468 e. The monoisotopic (exact) mass is 282 g/mol. The molecule has 20 heavy (non-hydrogen) atoms. The average molecular weight is 282 g/mol. The van der Waals surface area contributed by atoms with Crippen LogP contribution in [0, 0.1) is 5.82 Å². The minimum absolute atomic E-state index is 0.0803. The lowest BCUT2D eigenvalue weighted by molar-refractivity contribution is -0.142. The number of benzene rings is 1. The van der Waals surface area contributed by atoms with Crippen LogP contribution in [0.1, 0.15) is 12.5 Å². The number of ether oxygens (including phenoxy) is 1. The SMILES string of the molecule is CCN(CC(=O)NCc1ccc(F)cc1)CC(=O)OC. The molecule has 0 aromatic heterocycles. The van der Waals surface area contributed by atoms with Gasteiger partial charge >= 0.3 is 5.97 Å². The van der Waals surface area contributed by atoms with Gasteiger partial charge in [-0.05, 0) is 24.2 Å². The van der Waals surface area contributed by atoms with Crippen molar-refractivity contribution in [3.63, 3.8) is 0 Å². The number of carbonyl (C=O) groups excluding carboxylic acids is 2. The number of nitrogens with zero attached hydrogens (tertiary/aromatic N) is 1. The number of esters is 1. The fraction of sp³-hybridized carbons (Fsp3) is 0.429. The maximum absolute atomic E-state index is 12.7. The Labute approximate surface area is 117 Å². The summed E-state index contributed by atoms with van der Waals surface area (Å²) in [5.74, 6) is -0.881. The van der Waals surface area contributed by atoms with E-state index in [-0.39, 0.29) is 30.8 Å². The smallest absolute Gasteiger partial charge is 0.319 e. The fourth-order valence-corrected chi connectivity index (χ4v) is 1.59. The summed E-state index contributed by atoms with van der Waals surface area (Å²) in [5, 5.41) is 2.72. The minimum atomic E-state index is -0.377. The summed E-state index contributed by atoms with van der Waals surface area (Å²) in [4.78, 5) is 24.6. The first-order chi connectivity index (χ1) is 9.55. The van der Waals surface area contributed by atoms with Crippen molar-refractivity contribution >= 4 is 11.9 Å². The van der Waals surface area contributed by atoms with Crippen LogP contribution in [0.15, 0.2) is 24.3 Å². The van der Waals surface area contributed by atoms with Crippen LogP contribution in [-0.4, -0.2) is 43.5 Å². The highest BCUT2D eigenvalue weighted by Crippen LogP contribution is 2.02. The molecule has 0 spiro atoms. The van der Waals surface area contributed by atoms with Crippen molar-refractivity contribution in [3.05, 3.63) is 35.6 Å². The van der Waals surface area contributed by atoms with Crippen LogP contribution in [0.25, 0.3) is 0 Å². The van der Waals surface area contributed by atoms with Crippen LogP contribution in [0.5, 0.6) is 0 Å². The molecule has 6 heteroatoms. The number of amides is 1. The van der Waals surface area contributed by atoms with Crippen LogP contribution in [0.3, 0.4) is 0 Å². The molecule has 0 unspecified atom stereocenters. The molecule has 0 heterocycles. The highest BCUT2D eigenvalue weighted by atomic mass is 19.1. The molecule has 0 atom stereocenters. The molecule has 1 N–H and O–H groups in total. The Kier molecular flexibility index (Phi) is 6.66. The van der Waals surface area contributed by atoms with Gasteiger partial charge in [-0.2, -0.15) is 0 Å². The Hall–Kier alpha value is -1.95. The van der Waals surface area contributed by atoms with Gasteiger partial charge in [-0.15, -0.1) is 0 Å². The van der Waals surface area contributed by atoms with Gasteiger partial charge in [-0.25, -0.2) is 4.39 Å². The molecular weight excluding hydrogens is 263 g/mol. The normalized spacial score (nSPS) is 10.4. The van der Waals surface area contributed by atoms with E-state index in [0.717, 1.165) is 5.56 Å². The van der Waals surface area contributed by atoms with Gasteiger partial charge in [-0.3, -0.25) is 14.5 Å². The Morgan fingerprint density at radius 3 is 2.45 bits per heavy atom. The van der Waals surface area contributed by atoms with Crippen molar-refractivity contribution in [1.82, 2.24) is 10.2 Å². The average Bonchev–Trinajstić information content (AvgIpc) is 2.45. The summed E-state index contributed by atoms with van der Waals surface area (Å²) in [7, 11) is 1.31. The molecule has 1 rings (SSSR count). The van der Waals surface area contributed by atoms with Crippen LogP contribution >= 0.6 is 0 Å². The number of hydrogen-bond donors (Lipinski definition) is 1. The van der Waals surface area contributed by atoms with E-state index in [1.165, 1.54) is 19.2 Å². The van der Waals surface area contributed by atoms with Crippen LogP contribution in [0.4, 0.5) is 4.39 Å². The van der Waals surface area contributed by atoms with E-state index in [0.29, 0.717) is 13.1 Å². The first-order valence-corrected chi connectivity index (χ1v) is 6.35. The van der Waals surface area contributed by atoms with E-state index < -0.39 is 0 Å². The van der Waals surface area contributed by atoms with Gasteiger partial charge < -0.3 is 10.1 Å². The predicted molar refractivity (Wildman–Crippen MR) is 72.4 cm³/mol. The third kappa shape index (κ3) is 5.79. The zero-order valence-corrected chi connectivity index (χ0v) is 11.7. The van der Waals surface area contributed by atoms with E-state index in [2.05, 4.69) is 10.1 Å². The van der Waals surface area contributed by atoms with Crippen molar-refractivity contribution in [1.29, 1.82) is 0 Å². The summed E-state index contributed by atoms with van der Waals surface area (Å²) in [6, 6.07) is 5.91. The topological polar surface area (TPSA) is 58.6 Å². The van der Waals surface area contributed by atoms with E-state index >= 15 is 0 Å². The molecule has 0 aliphatic rings. The summed E-state index contributed by atoms with van der Waals surface area (Å²) in [5.41, 5.74) is 0.816. The van der Waals surface area contributed by atoms with Crippen LogP contribution in [-0.2, 0) is 20.9 Å². The lowest BCUT2D eigenvalue weighted by atomic mass is 10.2. The number of likely N-dealkylation sites (N-methyl/N-ethyl adjacent to an activating group) is 1. The lowest BCUT2D eigenvalue weighted by Crippen LogP contribution is -2.39. The number of hydrogen-bond acceptors (Lipinski definition) is 4. The van der Waals surface area contributed by atoms with Gasteiger partial charge in [0.1, 0.15) is 5.82 Å². The van der Waals surface area contributed by atoms with Crippen molar-refractivity contribution in [3.8, 4) is 0 Å². The van der Waals surface area contributed by atoms with E-state index in [4.69, 9.17) is 0 Å². The number of methoxy groups -OCH3 is 1. The molecule has 0 aliphatic heterocycles. The summed E-state index contributed by atoms with van der Waals surface area (Å²) < 4.78 is 17.3. The van der Waals surface area contributed by atoms with E-state index in [1.54, 1.807) is 17.0 Å². The second kappa shape index (κ2) is 8.27. The molecule has 1 aromatic rings. The summed E-state index contributed by atoms with van der Waals surface area (Å²) in [6.45, 7) is 2.95. The molecule has 1 amide bonds. The molecule has 5 nitrogen and oxygen atoms in total. The van der Waals surface area contributed by atoms with Gasteiger partial charge in [-0.1, -0.05) is 19.1 Å². The summed E-state index contributed by atoms with van der Waals surface area (Å²) in [6.07, 6.45) is 0. The first kappa shape index (κ1) is 16.1. The molecule has 0 saturated heterocycles. The lowest BCUT2D eigenvalue weighted by Gasteiger charge is -2.18. The second-order valence-corrected chi connectivity index (χ2v) is 4.28. The Morgan fingerprint density at radius 2 is 1.90 bits per heavy atom. The second-order valence-electron chi connectivity index (χ2n) is 4.28.